The Morgan fingerprint density at radius 2 is 2.47 bits per heavy atom. The molecule has 1 atom stereocenters. The maximum Gasteiger partial charge on any atom is 0.408 e. The second kappa shape index (κ2) is 4.48. The molecular formula is C11H16N4O2. The zero-order chi connectivity index (χ0) is 12.4. The molecule has 6 heteroatoms. The van der Waals surface area contributed by atoms with Crippen LogP contribution in [0, 0.1) is 0 Å². The van der Waals surface area contributed by atoms with Crippen LogP contribution in [0.1, 0.15) is 12.8 Å². The number of amides is 1. The smallest absolute Gasteiger partial charge is 0.408 e. The average Bonchev–Trinajstić information content (AvgIpc) is 2.77. The van der Waals surface area contributed by atoms with Crippen molar-refractivity contribution in [3.8, 4) is 0 Å². The molecule has 1 amide bonds. The minimum Gasteiger partial charge on any atom is -0.465 e. The molecule has 1 aromatic heterocycles. The van der Waals surface area contributed by atoms with Crippen LogP contribution in [0.3, 0.4) is 0 Å². The molecule has 92 valence electrons. The van der Waals surface area contributed by atoms with E-state index in [4.69, 9.17) is 10.8 Å². The molecule has 17 heavy (non-hydrogen) atoms. The van der Waals surface area contributed by atoms with E-state index in [0.717, 1.165) is 25.1 Å². The lowest BCUT2D eigenvalue weighted by Gasteiger charge is -2.32. The predicted molar refractivity (Wildman–Crippen MR) is 64.8 cm³/mol. The average molecular weight is 236 g/mol. The molecule has 2 rings (SSSR count). The third-order valence-corrected chi connectivity index (χ3v) is 3.11. The van der Waals surface area contributed by atoms with E-state index in [9.17, 15) is 4.79 Å². The highest BCUT2D eigenvalue weighted by Gasteiger charge is 2.31. The second-order valence-electron chi connectivity index (χ2n) is 4.14. The SMILES string of the molecule is CN(C(=O)O)C1CCCN1c1ccncc1N. The van der Waals surface area contributed by atoms with Crippen molar-refractivity contribution >= 4 is 17.5 Å². The van der Waals surface area contributed by atoms with E-state index in [2.05, 4.69) is 4.98 Å². The van der Waals surface area contributed by atoms with Crippen molar-refractivity contribution in [3.05, 3.63) is 18.5 Å². The molecule has 0 saturated carbocycles. The Hall–Kier alpha value is -1.98. The third kappa shape index (κ3) is 2.11. The van der Waals surface area contributed by atoms with Gasteiger partial charge in [0.05, 0.1) is 17.6 Å². The maximum absolute atomic E-state index is 11.0. The number of carboxylic acid groups (broad SMARTS) is 1. The Bertz CT molecular complexity index is 424. The molecule has 1 saturated heterocycles. The van der Waals surface area contributed by atoms with Crippen LogP contribution in [0.5, 0.6) is 0 Å². The molecule has 1 aromatic rings. The summed E-state index contributed by atoms with van der Waals surface area (Å²) in [6, 6.07) is 1.82. The van der Waals surface area contributed by atoms with Crippen LogP contribution in [-0.2, 0) is 0 Å². The topological polar surface area (TPSA) is 82.7 Å². The van der Waals surface area contributed by atoms with Gasteiger partial charge in [0, 0.05) is 19.8 Å². The Balaban J connectivity index is 2.26. The number of hydrogen-bond donors (Lipinski definition) is 2. The number of aromatic nitrogens is 1. The zero-order valence-corrected chi connectivity index (χ0v) is 9.71. The molecule has 1 unspecified atom stereocenters. The van der Waals surface area contributed by atoms with Gasteiger partial charge in [-0.3, -0.25) is 9.88 Å². The largest absolute Gasteiger partial charge is 0.465 e. The molecule has 1 aliphatic rings. The van der Waals surface area contributed by atoms with Crippen molar-refractivity contribution in [1.82, 2.24) is 9.88 Å². The fourth-order valence-electron chi connectivity index (χ4n) is 2.22. The summed E-state index contributed by atoms with van der Waals surface area (Å²) in [4.78, 5) is 18.3. The lowest BCUT2D eigenvalue weighted by Crippen LogP contribution is -2.45. The van der Waals surface area contributed by atoms with Gasteiger partial charge in [0.25, 0.3) is 0 Å². The van der Waals surface area contributed by atoms with Crippen LogP contribution in [0.2, 0.25) is 0 Å². The van der Waals surface area contributed by atoms with Gasteiger partial charge in [-0.1, -0.05) is 0 Å². The van der Waals surface area contributed by atoms with Crippen molar-refractivity contribution in [2.24, 2.45) is 0 Å². The van der Waals surface area contributed by atoms with E-state index in [1.165, 1.54) is 4.90 Å². The molecule has 0 aliphatic carbocycles. The Morgan fingerprint density at radius 1 is 1.71 bits per heavy atom. The molecule has 1 fully saturated rings. The normalized spacial score (nSPS) is 19.4. The summed E-state index contributed by atoms with van der Waals surface area (Å²) in [5, 5.41) is 9.03. The molecule has 2 heterocycles. The molecule has 6 nitrogen and oxygen atoms in total. The van der Waals surface area contributed by atoms with Gasteiger partial charge in [-0.05, 0) is 18.9 Å². The molecular weight excluding hydrogens is 220 g/mol. The number of hydrogen-bond acceptors (Lipinski definition) is 4. The highest BCUT2D eigenvalue weighted by atomic mass is 16.4. The van der Waals surface area contributed by atoms with E-state index >= 15 is 0 Å². The minimum absolute atomic E-state index is 0.141. The van der Waals surface area contributed by atoms with E-state index in [0.29, 0.717) is 5.69 Å². The number of carbonyl (C=O) groups is 1. The molecule has 0 aromatic carbocycles. The van der Waals surface area contributed by atoms with Crippen LogP contribution in [0.4, 0.5) is 16.2 Å². The first-order chi connectivity index (χ1) is 8.11. The van der Waals surface area contributed by atoms with Gasteiger partial charge in [-0.2, -0.15) is 0 Å². The summed E-state index contributed by atoms with van der Waals surface area (Å²) in [6.07, 6.45) is 3.98. The quantitative estimate of drug-likeness (QED) is 0.806. The van der Waals surface area contributed by atoms with Crippen LogP contribution in [0.15, 0.2) is 18.5 Å². The first-order valence-corrected chi connectivity index (χ1v) is 5.53. The standard InChI is InChI=1S/C11H16N4O2/c1-14(11(16)17)10-3-2-6-15(10)9-4-5-13-7-8(9)12/h4-5,7,10H,2-3,6,12H2,1H3,(H,16,17). The van der Waals surface area contributed by atoms with Gasteiger partial charge in [-0.15, -0.1) is 0 Å². The highest BCUT2D eigenvalue weighted by Crippen LogP contribution is 2.30. The molecule has 0 spiro atoms. The summed E-state index contributed by atoms with van der Waals surface area (Å²) in [5.41, 5.74) is 7.31. The van der Waals surface area contributed by atoms with Gasteiger partial charge >= 0.3 is 6.09 Å². The van der Waals surface area contributed by atoms with E-state index < -0.39 is 6.09 Å². The number of rotatable bonds is 2. The van der Waals surface area contributed by atoms with Crippen LogP contribution in [-0.4, -0.2) is 40.8 Å². The maximum atomic E-state index is 11.0. The molecule has 0 bridgehead atoms. The fourth-order valence-corrected chi connectivity index (χ4v) is 2.22. The number of nitrogens with two attached hydrogens (primary N) is 1. The summed E-state index contributed by atoms with van der Waals surface area (Å²) in [6.45, 7) is 0.816. The lowest BCUT2D eigenvalue weighted by atomic mass is 10.3. The van der Waals surface area contributed by atoms with Gasteiger partial charge in [0.2, 0.25) is 0 Å². The third-order valence-electron chi connectivity index (χ3n) is 3.11. The predicted octanol–water partition coefficient (Wildman–Crippen LogP) is 1.20. The summed E-state index contributed by atoms with van der Waals surface area (Å²) >= 11 is 0. The van der Waals surface area contributed by atoms with Gasteiger partial charge < -0.3 is 15.7 Å². The summed E-state index contributed by atoms with van der Waals surface area (Å²) in [7, 11) is 1.59. The number of anilines is 2. The monoisotopic (exact) mass is 236 g/mol. The van der Waals surface area contributed by atoms with Gasteiger partial charge in [-0.25, -0.2) is 4.79 Å². The Morgan fingerprint density at radius 3 is 3.12 bits per heavy atom. The summed E-state index contributed by atoms with van der Waals surface area (Å²) in [5.74, 6) is 0. The van der Waals surface area contributed by atoms with Crippen LogP contribution < -0.4 is 10.6 Å². The van der Waals surface area contributed by atoms with Gasteiger partial charge in [0.1, 0.15) is 6.17 Å². The van der Waals surface area contributed by atoms with Crippen molar-refractivity contribution in [2.45, 2.75) is 19.0 Å². The fraction of sp³-hybridized carbons (Fsp3) is 0.455. The van der Waals surface area contributed by atoms with E-state index in [1.807, 2.05) is 11.0 Å². The van der Waals surface area contributed by atoms with E-state index in [-0.39, 0.29) is 6.17 Å². The first-order valence-electron chi connectivity index (χ1n) is 5.53. The van der Waals surface area contributed by atoms with Crippen LogP contribution >= 0.6 is 0 Å². The molecule has 3 N–H and O–H groups in total. The van der Waals surface area contributed by atoms with Crippen molar-refractivity contribution in [2.75, 3.05) is 24.2 Å². The van der Waals surface area contributed by atoms with Crippen molar-refractivity contribution in [1.29, 1.82) is 0 Å². The van der Waals surface area contributed by atoms with E-state index in [1.54, 1.807) is 19.4 Å². The Labute approximate surface area is 99.7 Å². The molecule has 0 radical (unpaired) electrons. The second-order valence-corrected chi connectivity index (χ2v) is 4.14. The number of pyridine rings is 1. The number of nitrogen functional groups attached to an aromatic ring is 1. The molecule has 1 aliphatic heterocycles. The minimum atomic E-state index is -0.922. The number of nitrogens with zero attached hydrogens (tertiary/aromatic N) is 3. The van der Waals surface area contributed by atoms with Crippen LogP contribution in [0.25, 0.3) is 0 Å². The zero-order valence-electron chi connectivity index (χ0n) is 9.71. The first kappa shape index (κ1) is 11.5. The van der Waals surface area contributed by atoms with Gasteiger partial charge in [0.15, 0.2) is 0 Å². The lowest BCUT2D eigenvalue weighted by molar-refractivity contribution is 0.140. The summed E-state index contributed by atoms with van der Waals surface area (Å²) < 4.78 is 0. The van der Waals surface area contributed by atoms with Crippen molar-refractivity contribution in [3.63, 3.8) is 0 Å². The highest BCUT2D eigenvalue weighted by molar-refractivity contribution is 5.70. The Kier molecular flexibility index (Phi) is 3.03. The van der Waals surface area contributed by atoms with Crippen molar-refractivity contribution < 1.29 is 9.90 Å².